The molecule has 3 aliphatic carbocycles. The average molecular weight is 1800 g/mol. The van der Waals surface area contributed by atoms with Gasteiger partial charge in [-0.3, -0.25) is 0 Å². The van der Waals surface area contributed by atoms with Crippen LogP contribution in [0, 0.1) is 3.57 Å². The van der Waals surface area contributed by atoms with Gasteiger partial charge in [-0.15, -0.1) is 0 Å². The van der Waals surface area contributed by atoms with E-state index in [0.717, 1.165) is 64.1 Å². The van der Waals surface area contributed by atoms with Crippen molar-refractivity contribution in [2.45, 2.75) is 44.9 Å². The molecule has 0 fully saturated rings. The number of hydrogen-bond donors (Lipinski definition) is 0. The monoisotopic (exact) mass is 1800 g/mol. The number of aromatic nitrogens is 1. The van der Waals surface area contributed by atoms with E-state index in [9.17, 15) is 0 Å². The van der Waals surface area contributed by atoms with Gasteiger partial charge in [0.2, 0.25) is 0 Å². The van der Waals surface area contributed by atoms with Crippen LogP contribution in [0.2, 0.25) is 0 Å². The third-order valence-electron chi connectivity index (χ3n) is 22.5. The van der Waals surface area contributed by atoms with E-state index in [0.29, 0.717) is 0 Å². The number of benzene rings is 16. The van der Waals surface area contributed by atoms with Crippen molar-refractivity contribution >= 4 is 142 Å². The molecule has 0 amide bonds. The SMILES string of the molecule is Brc1ccc(I)cc1.CC1(C)c2ccccc2-c2ccc(N(c3ccc(-c4ccccc4)cc3)c3ccc(-c4ccc5c(c4)-c4cc(Br)ccc4C5)cc3)cc21.CC1(C)c2ccccc2-c2ccc(N(c3ccc(-c4ccccc4)cc3)c3ccc(-c4ccc5c(c4)c4cc(Br)ccc4n5-c4ccc(Br)cc4)cc3)cc21. The summed E-state index contributed by atoms with van der Waals surface area (Å²) in [6.45, 7) is 9.40. The van der Waals surface area contributed by atoms with Crippen LogP contribution >= 0.6 is 86.3 Å². The Kier molecular flexibility index (Phi) is 19.5. The lowest BCUT2D eigenvalue weighted by Gasteiger charge is -2.28. The van der Waals surface area contributed by atoms with Crippen molar-refractivity contribution in [3.05, 3.63) is 419 Å². The lowest BCUT2D eigenvalue weighted by Crippen LogP contribution is -2.16. The third-order valence-corrected chi connectivity index (χ3v) is 25.3. The summed E-state index contributed by atoms with van der Waals surface area (Å²) in [5, 5.41) is 2.44. The van der Waals surface area contributed by atoms with Gasteiger partial charge in [0, 0.05) is 82.9 Å². The first-order valence-electron chi connectivity index (χ1n) is 37.5. The zero-order valence-electron chi connectivity index (χ0n) is 61.6. The van der Waals surface area contributed by atoms with E-state index in [4.69, 9.17) is 0 Å². The molecule has 0 bridgehead atoms. The van der Waals surface area contributed by atoms with Crippen LogP contribution in [-0.2, 0) is 17.3 Å². The first-order chi connectivity index (χ1) is 54.1. The molecule has 0 N–H and O–H groups in total. The molecule has 0 atom stereocenters. The number of halogens is 5. The Morgan fingerprint density at radius 2 is 0.595 bits per heavy atom. The predicted molar refractivity (Wildman–Crippen MR) is 492 cm³/mol. The summed E-state index contributed by atoms with van der Waals surface area (Å²) < 4.78 is 8.02. The molecule has 0 spiro atoms. The van der Waals surface area contributed by atoms with Crippen LogP contribution in [0.3, 0.4) is 0 Å². The zero-order valence-corrected chi connectivity index (χ0v) is 70.1. The molecule has 0 unspecified atom stereocenters. The molecule has 0 aliphatic heterocycles. The van der Waals surface area contributed by atoms with E-state index in [2.05, 4.69) is 480 Å². The van der Waals surface area contributed by atoms with Gasteiger partial charge in [-0.25, -0.2) is 0 Å². The second-order valence-corrected chi connectivity index (χ2v) is 34.8. The number of nitrogens with zero attached hydrogens (tertiary/aromatic N) is 3. The molecular weight excluding hydrogens is 1730 g/mol. The second kappa shape index (κ2) is 30.0. The van der Waals surface area contributed by atoms with Crippen LogP contribution in [-0.4, -0.2) is 4.57 Å². The van der Waals surface area contributed by atoms with Gasteiger partial charge < -0.3 is 14.4 Å². The van der Waals surface area contributed by atoms with E-state index >= 15 is 0 Å². The van der Waals surface area contributed by atoms with Gasteiger partial charge in [-0.1, -0.05) is 286 Å². The Labute approximate surface area is 697 Å². The highest BCUT2D eigenvalue weighted by Gasteiger charge is 2.38. The van der Waals surface area contributed by atoms with Crippen LogP contribution in [0.1, 0.15) is 61.1 Å². The molecule has 3 nitrogen and oxygen atoms in total. The number of anilines is 6. The maximum atomic E-state index is 3.74. The van der Waals surface area contributed by atoms with Gasteiger partial charge in [0.15, 0.2) is 0 Å². The first-order valence-corrected chi connectivity index (χ1v) is 41.7. The van der Waals surface area contributed by atoms with E-state index in [1.807, 2.05) is 12.1 Å². The number of rotatable bonds is 11. The fourth-order valence-electron chi connectivity index (χ4n) is 16.8. The van der Waals surface area contributed by atoms with Crippen molar-refractivity contribution in [3.63, 3.8) is 0 Å². The van der Waals surface area contributed by atoms with Crippen LogP contribution in [0.5, 0.6) is 0 Å². The molecule has 16 aromatic carbocycles. The standard InChI is InChI=1S/C51H36Br2N2.C46H34BrN.C6H4BrI/c1-51(2)47-11-7-6-10-43(47)44-27-26-42(32-48(44)51)54(39-20-12-34(13-21-39)33-8-4-3-5-9-33)40-22-14-35(15-23-40)36-16-28-49-45(30-36)46-31-38(53)19-29-50(46)55(49)41-24-17-37(52)18-25-41;1-46(2)44-11-7-6-10-40(44)41-25-24-39(29-45(41)46)48(37-20-15-31(16-21-37)30-8-4-3-5-9-30)38-22-17-32(18-23-38)33-12-13-34-26-35-14-19-36(47)28-43(35)42(34)27-33;7-5-1-3-6(8)4-2-5/h3-32H,1-2H3;3-25,27-29H,26H2,1-2H3;1-4H. The highest BCUT2D eigenvalue weighted by molar-refractivity contribution is 14.1. The lowest BCUT2D eigenvalue weighted by atomic mass is 9.82. The van der Waals surface area contributed by atoms with Gasteiger partial charge in [-0.05, 0) is 310 Å². The Morgan fingerprint density at radius 1 is 0.261 bits per heavy atom. The van der Waals surface area contributed by atoms with Crippen LogP contribution in [0.4, 0.5) is 34.1 Å². The van der Waals surface area contributed by atoms with Crippen LogP contribution in [0.25, 0.3) is 105 Å². The van der Waals surface area contributed by atoms with Gasteiger partial charge in [-0.2, -0.15) is 0 Å². The number of fused-ring (bicyclic) bond motifs is 12. The topological polar surface area (TPSA) is 11.4 Å². The van der Waals surface area contributed by atoms with Crippen molar-refractivity contribution in [2.75, 3.05) is 9.80 Å². The molecule has 0 radical (unpaired) electrons. The maximum Gasteiger partial charge on any atom is 0.0541 e. The Hall–Kier alpha value is -10.4. The van der Waals surface area contributed by atoms with Crippen molar-refractivity contribution in [2.24, 2.45) is 0 Å². The highest BCUT2D eigenvalue weighted by Crippen LogP contribution is 2.53. The summed E-state index contributed by atoms with van der Waals surface area (Å²) in [6, 6.07) is 133. The molecule has 0 saturated carbocycles. The lowest BCUT2D eigenvalue weighted by molar-refractivity contribution is 0.660. The summed E-state index contributed by atoms with van der Waals surface area (Å²) in [7, 11) is 0. The van der Waals surface area contributed by atoms with E-state index < -0.39 is 0 Å². The van der Waals surface area contributed by atoms with E-state index in [-0.39, 0.29) is 10.8 Å². The molecule has 0 saturated heterocycles. The summed E-state index contributed by atoms with van der Waals surface area (Å²) in [5.41, 5.74) is 36.1. The maximum absolute atomic E-state index is 3.74. The smallest absolute Gasteiger partial charge is 0.0541 e. The Bertz CT molecular complexity index is 6350. The molecule has 1 heterocycles. The van der Waals surface area contributed by atoms with Gasteiger partial charge in [0.05, 0.1) is 11.0 Å². The summed E-state index contributed by atoms with van der Waals surface area (Å²) in [4.78, 5) is 4.79. The zero-order chi connectivity index (χ0) is 75.7. The summed E-state index contributed by atoms with van der Waals surface area (Å²) in [6.07, 6.45) is 0.998. The highest BCUT2D eigenvalue weighted by atomic mass is 127. The van der Waals surface area contributed by atoms with Crippen LogP contribution in [0.15, 0.2) is 382 Å². The normalized spacial score (nSPS) is 12.8. The summed E-state index contributed by atoms with van der Waals surface area (Å²) in [5.74, 6) is 0. The first kappa shape index (κ1) is 72.1. The van der Waals surface area contributed by atoms with E-state index in [1.54, 1.807) is 0 Å². The number of hydrogen-bond acceptors (Lipinski definition) is 2. The largest absolute Gasteiger partial charge is 0.310 e. The summed E-state index contributed by atoms with van der Waals surface area (Å²) >= 11 is 16.6. The Balaban J connectivity index is 0.000000142. The fraction of sp³-hybridized carbons (Fsp3) is 0.0680. The van der Waals surface area contributed by atoms with Crippen molar-refractivity contribution < 1.29 is 0 Å². The van der Waals surface area contributed by atoms with Crippen molar-refractivity contribution in [3.8, 4) is 83.6 Å². The van der Waals surface area contributed by atoms with Crippen molar-refractivity contribution in [1.29, 1.82) is 0 Å². The molecule has 536 valence electrons. The molecule has 1 aromatic heterocycles. The molecule has 111 heavy (non-hydrogen) atoms. The quantitative estimate of drug-likeness (QED) is 0.120. The van der Waals surface area contributed by atoms with Crippen LogP contribution < -0.4 is 9.80 Å². The molecule has 8 heteroatoms. The van der Waals surface area contributed by atoms with Gasteiger partial charge in [0.1, 0.15) is 0 Å². The van der Waals surface area contributed by atoms with Gasteiger partial charge >= 0.3 is 0 Å². The minimum atomic E-state index is -0.0939. The molecule has 20 rings (SSSR count). The van der Waals surface area contributed by atoms with E-state index in [1.165, 1.54) is 137 Å². The predicted octanol–water partition coefficient (Wildman–Crippen LogP) is 31.6. The minimum absolute atomic E-state index is 0.0730. The molecule has 3 aliphatic rings. The fourth-order valence-corrected chi connectivity index (χ4v) is 18.4. The average Bonchev–Trinajstić information content (AvgIpc) is 1.58. The minimum Gasteiger partial charge on any atom is -0.310 e. The third kappa shape index (κ3) is 13.9. The molecule has 17 aromatic rings. The second-order valence-electron chi connectivity index (χ2n) is 29.9. The molecular formula is C103H74Br4IN3. The van der Waals surface area contributed by atoms with Gasteiger partial charge in [0.25, 0.3) is 0 Å². The Morgan fingerprint density at radius 3 is 1.07 bits per heavy atom. The van der Waals surface area contributed by atoms with Crippen molar-refractivity contribution in [1.82, 2.24) is 4.57 Å².